The average Bonchev–Trinajstić information content (AvgIpc) is 2.89. The fourth-order valence-corrected chi connectivity index (χ4v) is 2.90. The third kappa shape index (κ3) is 3.33. The van der Waals surface area contributed by atoms with Crippen molar-refractivity contribution in [2.75, 3.05) is 6.54 Å². The summed E-state index contributed by atoms with van der Waals surface area (Å²) in [7, 11) is 0. The highest BCUT2D eigenvalue weighted by molar-refractivity contribution is 6.33. The van der Waals surface area contributed by atoms with Crippen LogP contribution in [0.1, 0.15) is 15.9 Å². The predicted octanol–water partition coefficient (Wildman–Crippen LogP) is 4.59. The zero-order valence-corrected chi connectivity index (χ0v) is 13.5. The highest BCUT2D eigenvalue weighted by atomic mass is 35.5. The molecule has 1 aromatic heterocycles. The summed E-state index contributed by atoms with van der Waals surface area (Å²) in [5, 5.41) is 4.50. The lowest BCUT2D eigenvalue weighted by molar-refractivity contribution is 0.0950. The Kier molecular flexibility index (Phi) is 4.55. The number of nitrogens with one attached hydrogen (secondary N) is 2. The molecule has 0 saturated heterocycles. The van der Waals surface area contributed by atoms with Crippen molar-refractivity contribution in [3.05, 3.63) is 69.6 Å². The van der Waals surface area contributed by atoms with Crippen LogP contribution < -0.4 is 5.32 Å². The third-order valence-corrected chi connectivity index (χ3v) is 4.15. The van der Waals surface area contributed by atoms with Gasteiger partial charge in [0.05, 0.1) is 10.6 Å². The molecule has 3 rings (SSSR count). The number of hydrogen-bond donors (Lipinski definition) is 2. The van der Waals surface area contributed by atoms with Gasteiger partial charge in [-0.1, -0.05) is 35.3 Å². The number of carbonyl (C=O) groups is 1. The molecule has 118 valence electrons. The van der Waals surface area contributed by atoms with Crippen LogP contribution in [-0.4, -0.2) is 17.4 Å². The summed E-state index contributed by atoms with van der Waals surface area (Å²) in [6.45, 7) is 0.374. The maximum Gasteiger partial charge on any atom is 0.255 e. The Morgan fingerprint density at radius 2 is 2.04 bits per heavy atom. The van der Waals surface area contributed by atoms with Gasteiger partial charge in [-0.3, -0.25) is 4.79 Å². The van der Waals surface area contributed by atoms with Crippen molar-refractivity contribution < 1.29 is 9.18 Å². The monoisotopic (exact) mass is 350 g/mol. The highest BCUT2D eigenvalue weighted by Crippen LogP contribution is 2.22. The highest BCUT2D eigenvalue weighted by Gasteiger charge is 2.15. The molecule has 0 fully saturated rings. The first-order chi connectivity index (χ1) is 11.1. The average molecular weight is 351 g/mol. The zero-order valence-electron chi connectivity index (χ0n) is 12.0. The van der Waals surface area contributed by atoms with Crippen molar-refractivity contribution >= 4 is 40.0 Å². The van der Waals surface area contributed by atoms with E-state index >= 15 is 0 Å². The van der Waals surface area contributed by atoms with E-state index < -0.39 is 11.7 Å². The zero-order chi connectivity index (χ0) is 16.4. The van der Waals surface area contributed by atoms with Crippen LogP contribution in [0.2, 0.25) is 10.0 Å². The van der Waals surface area contributed by atoms with Gasteiger partial charge in [-0.15, -0.1) is 0 Å². The Labute approximate surface area is 142 Å². The largest absolute Gasteiger partial charge is 0.361 e. The Bertz CT molecular complexity index is 856. The Balaban J connectivity index is 1.68. The summed E-state index contributed by atoms with van der Waals surface area (Å²) in [5.41, 5.74) is 1.87. The van der Waals surface area contributed by atoms with E-state index in [0.29, 0.717) is 18.0 Å². The second kappa shape index (κ2) is 6.60. The smallest absolute Gasteiger partial charge is 0.255 e. The van der Waals surface area contributed by atoms with E-state index in [4.69, 9.17) is 23.2 Å². The minimum absolute atomic E-state index is 0.101. The molecule has 0 unspecified atom stereocenters. The molecule has 0 bridgehead atoms. The predicted molar refractivity (Wildman–Crippen MR) is 90.8 cm³/mol. The van der Waals surface area contributed by atoms with Gasteiger partial charge in [0, 0.05) is 28.7 Å². The standard InChI is InChI=1S/C17H13Cl2FN2O/c18-11-4-5-12-10(9-22-15(12)8-11)6-7-21-17(23)16-13(19)2-1-3-14(16)20/h1-5,8-9,22H,6-7H2,(H,21,23). The lowest BCUT2D eigenvalue weighted by Crippen LogP contribution is -2.26. The first-order valence-corrected chi connectivity index (χ1v) is 7.79. The van der Waals surface area contributed by atoms with Crippen LogP contribution in [0.15, 0.2) is 42.6 Å². The van der Waals surface area contributed by atoms with Crippen LogP contribution in [0.3, 0.4) is 0 Å². The maximum atomic E-state index is 13.7. The third-order valence-electron chi connectivity index (χ3n) is 3.60. The minimum Gasteiger partial charge on any atom is -0.361 e. The van der Waals surface area contributed by atoms with Gasteiger partial charge in [0.1, 0.15) is 5.82 Å². The molecule has 2 N–H and O–H groups in total. The fraction of sp³-hybridized carbons (Fsp3) is 0.118. The van der Waals surface area contributed by atoms with E-state index in [1.165, 1.54) is 18.2 Å². The van der Waals surface area contributed by atoms with Crippen LogP contribution in [-0.2, 0) is 6.42 Å². The van der Waals surface area contributed by atoms with Crippen LogP contribution >= 0.6 is 23.2 Å². The molecule has 3 nitrogen and oxygen atoms in total. The van der Waals surface area contributed by atoms with E-state index in [0.717, 1.165) is 16.5 Å². The van der Waals surface area contributed by atoms with E-state index in [1.54, 1.807) is 0 Å². The number of carbonyl (C=O) groups excluding carboxylic acids is 1. The summed E-state index contributed by atoms with van der Waals surface area (Å²) in [6.07, 6.45) is 2.49. The number of aromatic amines is 1. The van der Waals surface area contributed by atoms with Crippen molar-refractivity contribution in [2.24, 2.45) is 0 Å². The van der Waals surface area contributed by atoms with Gasteiger partial charge in [-0.25, -0.2) is 4.39 Å². The maximum absolute atomic E-state index is 13.7. The van der Waals surface area contributed by atoms with Crippen molar-refractivity contribution in [1.29, 1.82) is 0 Å². The molecule has 2 aromatic carbocycles. The molecule has 0 aliphatic carbocycles. The molecule has 6 heteroatoms. The van der Waals surface area contributed by atoms with E-state index in [9.17, 15) is 9.18 Å². The molecule has 1 amide bonds. The molecule has 3 aromatic rings. The summed E-state index contributed by atoms with van der Waals surface area (Å²) < 4.78 is 13.7. The summed E-state index contributed by atoms with van der Waals surface area (Å²) >= 11 is 11.8. The van der Waals surface area contributed by atoms with Gasteiger partial charge in [0.25, 0.3) is 5.91 Å². The molecule has 0 radical (unpaired) electrons. The van der Waals surface area contributed by atoms with Gasteiger partial charge >= 0.3 is 0 Å². The normalized spacial score (nSPS) is 10.9. The van der Waals surface area contributed by atoms with Crippen molar-refractivity contribution in [3.8, 4) is 0 Å². The molecular formula is C17H13Cl2FN2O. The SMILES string of the molecule is O=C(NCCc1c[nH]c2cc(Cl)ccc12)c1c(F)cccc1Cl. The molecule has 0 spiro atoms. The van der Waals surface area contributed by atoms with Crippen LogP contribution in [0.4, 0.5) is 4.39 Å². The van der Waals surface area contributed by atoms with E-state index in [2.05, 4.69) is 10.3 Å². The second-order valence-corrected chi connectivity index (χ2v) is 5.95. The lowest BCUT2D eigenvalue weighted by Gasteiger charge is -2.07. The van der Waals surface area contributed by atoms with Crippen molar-refractivity contribution in [3.63, 3.8) is 0 Å². The first-order valence-electron chi connectivity index (χ1n) is 7.04. The number of hydrogen-bond acceptors (Lipinski definition) is 1. The summed E-state index contributed by atoms with van der Waals surface area (Å²) in [4.78, 5) is 15.2. The Morgan fingerprint density at radius 1 is 1.22 bits per heavy atom. The van der Waals surface area contributed by atoms with E-state index in [1.807, 2.05) is 24.4 Å². The molecule has 0 aliphatic rings. The van der Waals surface area contributed by atoms with Gasteiger partial charge in [0.2, 0.25) is 0 Å². The Morgan fingerprint density at radius 3 is 2.83 bits per heavy atom. The number of benzene rings is 2. The summed E-state index contributed by atoms with van der Waals surface area (Å²) in [6, 6.07) is 9.76. The van der Waals surface area contributed by atoms with Crippen molar-refractivity contribution in [2.45, 2.75) is 6.42 Å². The van der Waals surface area contributed by atoms with Crippen LogP contribution in [0, 0.1) is 5.82 Å². The molecule has 0 saturated carbocycles. The fourth-order valence-electron chi connectivity index (χ4n) is 2.48. The molecule has 1 heterocycles. The van der Waals surface area contributed by atoms with Crippen LogP contribution in [0.5, 0.6) is 0 Å². The second-order valence-electron chi connectivity index (χ2n) is 5.11. The number of amides is 1. The van der Waals surface area contributed by atoms with Gasteiger partial charge in [-0.2, -0.15) is 0 Å². The van der Waals surface area contributed by atoms with Gasteiger partial charge in [-0.05, 0) is 36.2 Å². The van der Waals surface area contributed by atoms with Gasteiger partial charge < -0.3 is 10.3 Å². The minimum atomic E-state index is -0.628. The molecule has 0 aliphatic heterocycles. The topological polar surface area (TPSA) is 44.9 Å². The quantitative estimate of drug-likeness (QED) is 0.710. The molecular weight excluding hydrogens is 338 g/mol. The number of H-pyrrole nitrogens is 1. The molecule has 0 atom stereocenters. The van der Waals surface area contributed by atoms with Crippen molar-refractivity contribution in [1.82, 2.24) is 10.3 Å². The van der Waals surface area contributed by atoms with Gasteiger partial charge in [0.15, 0.2) is 0 Å². The molecule has 23 heavy (non-hydrogen) atoms. The number of fused-ring (bicyclic) bond motifs is 1. The number of halogens is 3. The van der Waals surface area contributed by atoms with Crippen LogP contribution in [0.25, 0.3) is 10.9 Å². The Hall–Kier alpha value is -2.04. The first kappa shape index (κ1) is 15.8. The summed E-state index contributed by atoms with van der Waals surface area (Å²) in [5.74, 6) is -1.15. The number of aromatic nitrogens is 1. The lowest BCUT2D eigenvalue weighted by atomic mass is 10.1. The number of rotatable bonds is 4. The van der Waals surface area contributed by atoms with E-state index in [-0.39, 0.29) is 10.6 Å².